The lowest BCUT2D eigenvalue weighted by molar-refractivity contribution is -0.0891. The first kappa shape index (κ1) is 28.3. The number of ketones is 1. The van der Waals surface area contributed by atoms with Gasteiger partial charge in [-0.25, -0.2) is 26.0 Å². The van der Waals surface area contributed by atoms with Gasteiger partial charge in [0.2, 0.25) is 15.9 Å². The Kier molecular flexibility index (Phi) is 9.23. The van der Waals surface area contributed by atoms with Crippen LogP contribution in [-0.4, -0.2) is 66.8 Å². The number of carbonyl (C=O) groups excluding carboxylic acids is 1. The average molecular weight is 535 g/mol. The van der Waals surface area contributed by atoms with Crippen molar-refractivity contribution in [2.24, 2.45) is 0 Å². The Morgan fingerprint density at radius 1 is 1.03 bits per heavy atom. The van der Waals surface area contributed by atoms with E-state index in [-0.39, 0.29) is 80.4 Å². The number of sulfonamides is 1. The highest BCUT2D eigenvalue weighted by atomic mass is 35.5. The van der Waals surface area contributed by atoms with Gasteiger partial charge in [-0.05, 0) is 38.3 Å². The van der Waals surface area contributed by atoms with Crippen LogP contribution in [0.5, 0.6) is 0 Å². The van der Waals surface area contributed by atoms with E-state index in [1.165, 1.54) is 4.31 Å². The van der Waals surface area contributed by atoms with E-state index in [2.05, 4.69) is 0 Å². The maximum atomic E-state index is 13.9. The van der Waals surface area contributed by atoms with Crippen LogP contribution in [0, 0.1) is 11.6 Å². The fraction of sp³-hybridized carbons (Fsp3) is 0.667. The fourth-order valence-corrected chi connectivity index (χ4v) is 5.99. The summed E-state index contributed by atoms with van der Waals surface area (Å²) >= 11 is 5.91. The van der Waals surface area contributed by atoms with E-state index in [0.29, 0.717) is 13.1 Å². The van der Waals surface area contributed by atoms with E-state index in [1.54, 1.807) is 6.92 Å². The summed E-state index contributed by atoms with van der Waals surface area (Å²) < 4.78 is 80.4. The predicted molar refractivity (Wildman–Crippen MR) is 121 cm³/mol. The van der Waals surface area contributed by atoms with E-state index in [1.807, 2.05) is 4.90 Å². The van der Waals surface area contributed by atoms with Crippen LogP contribution in [0.15, 0.2) is 12.1 Å². The number of nitrogens with zero attached hydrogens (tertiary/aromatic N) is 2. The summed E-state index contributed by atoms with van der Waals surface area (Å²) in [5, 5.41) is -0.198. The average Bonchev–Trinajstić information content (AvgIpc) is 2.76. The Hall–Kier alpha value is -0.940. The van der Waals surface area contributed by atoms with Crippen LogP contribution in [0.4, 0.5) is 17.6 Å². The van der Waals surface area contributed by atoms with Crippen LogP contribution in [0.1, 0.15) is 55.8 Å². The van der Waals surface area contributed by atoms with Crippen molar-refractivity contribution in [2.75, 3.05) is 31.9 Å². The molecule has 1 aromatic rings. The fourth-order valence-electron chi connectivity index (χ4n) is 4.65. The Labute approximate surface area is 202 Å². The second-order valence-electron chi connectivity index (χ2n) is 8.54. The molecule has 0 radical (unpaired) electrons. The molecule has 1 aromatic carbocycles. The van der Waals surface area contributed by atoms with Crippen molar-refractivity contribution in [1.29, 1.82) is 0 Å². The van der Waals surface area contributed by atoms with Gasteiger partial charge >= 0.3 is 0 Å². The number of carbonyl (C=O) groups is 1. The van der Waals surface area contributed by atoms with Crippen molar-refractivity contribution in [3.8, 4) is 0 Å². The van der Waals surface area contributed by atoms with Crippen LogP contribution in [-0.2, 0) is 10.0 Å². The van der Waals surface area contributed by atoms with Crippen molar-refractivity contribution in [1.82, 2.24) is 9.21 Å². The quantitative estimate of drug-likeness (QED) is 0.283. The molecule has 2 aliphatic rings. The summed E-state index contributed by atoms with van der Waals surface area (Å²) in [7, 11) is -3.34. The van der Waals surface area contributed by atoms with Gasteiger partial charge < -0.3 is 0 Å². The Morgan fingerprint density at radius 3 is 2.12 bits per heavy atom. The number of alkyl halides is 2. The zero-order chi connectivity index (χ0) is 23.7. The molecule has 3 rings (SSSR count). The van der Waals surface area contributed by atoms with Crippen molar-refractivity contribution < 1.29 is 30.8 Å². The number of hydrogen-bond donors (Lipinski definition) is 0. The topological polar surface area (TPSA) is 57.7 Å². The molecule has 0 N–H and O–H groups in total. The molecule has 1 saturated heterocycles. The molecule has 0 atom stereocenters. The molecule has 188 valence electrons. The van der Waals surface area contributed by atoms with Crippen molar-refractivity contribution in [3.63, 3.8) is 0 Å². The first-order valence-corrected chi connectivity index (χ1v) is 12.7. The largest absolute Gasteiger partial charge is 0.295 e. The minimum atomic E-state index is -3.34. The number of piperazine rings is 1. The van der Waals surface area contributed by atoms with Gasteiger partial charge in [0.15, 0.2) is 17.4 Å². The summed E-state index contributed by atoms with van der Waals surface area (Å²) in [4.78, 5) is 14.7. The summed E-state index contributed by atoms with van der Waals surface area (Å²) in [5.41, 5.74) is -0.828. The SMILES string of the molecule is CCS(=O)(=O)N1CCN(C2(CCC(=O)c3cc(F)c(F)cc3Cl)CCC(F)(F)CC2)CC1.Cl. The van der Waals surface area contributed by atoms with Crippen LogP contribution < -0.4 is 0 Å². The van der Waals surface area contributed by atoms with Crippen molar-refractivity contribution in [3.05, 3.63) is 34.4 Å². The van der Waals surface area contributed by atoms with Gasteiger partial charge in [0.1, 0.15) is 0 Å². The second-order valence-corrected chi connectivity index (χ2v) is 11.2. The van der Waals surface area contributed by atoms with Gasteiger partial charge in [-0.2, -0.15) is 4.31 Å². The lowest BCUT2D eigenvalue weighted by atomic mass is 9.74. The van der Waals surface area contributed by atoms with Gasteiger partial charge in [-0.15, -0.1) is 12.4 Å². The van der Waals surface area contributed by atoms with Gasteiger partial charge in [-0.1, -0.05) is 11.6 Å². The van der Waals surface area contributed by atoms with Gasteiger partial charge in [0.25, 0.3) is 0 Å². The molecule has 0 aromatic heterocycles. The van der Waals surface area contributed by atoms with E-state index in [0.717, 1.165) is 12.1 Å². The Morgan fingerprint density at radius 2 is 1.58 bits per heavy atom. The van der Waals surface area contributed by atoms with Gasteiger partial charge in [0, 0.05) is 56.5 Å². The third-order valence-electron chi connectivity index (χ3n) is 6.71. The van der Waals surface area contributed by atoms with Crippen molar-refractivity contribution in [2.45, 2.75) is 56.9 Å². The molecular weight excluding hydrogens is 507 g/mol. The smallest absolute Gasteiger partial charge is 0.248 e. The number of benzene rings is 1. The Balaban J connectivity index is 0.00000385. The molecule has 0 unspecified atom stereocenters. The summed E-state index contributed by atoms with van der Waals surface area (Å²) in [6.07, 6.45) is -0.124. The van der Waals surface area contributed by atoms with Crippen LogP contribution in [0.3, 0.4) is 0 Å². The second kappa shape index (κ2) is 10.8. The molecule has 33 heavy (non-hydrogen) atoms. The Bertz CT molecular complexity index is 961. The third kappa shape index (κ3) is 6.39. The van der Waals surface area contributed by atoms with Crippen molar-refractivity contribution >= 4 is 39.8 Å². The number of Topliss-reactive ketones (excluding diaryl/α,β-unsaturated/α-hetero) is 1. The summed E-state index contributed by atoms with van der Waals surface area (Å²) in [6.45, 7) is 2.85. The van der Waals surface area contributed by atoms with E-state index in [9.17, 15) is 30.8 Å². The zero-order valence-electron chi connectivity index (χ0n) is 18.3. The molecule has 1 aliphatic heterocycles. The standard InChI is InChI=1S/C21H27ClF4N2O3S.ClH/c1-2-32(30,31)28-11-9-27(10-12-28)20(5-7-21(25,26)8-6-20)4-3-19(29)15-13-17(23)18(24)14-16(15)22;/h13-14H,2-12H2,1H3;1H. The lowest BCUT2D eigenvalue weighted by Gasteiger charge is -2.51. The first-order valence-electron chi connectivity index (χ1n) is 10.7. The molecule has 5 nitrogen and oxygen atoms in total. The zero-order valence-corrected chi connectivity index (χ0v) is 20.6. The van der Waals surface area contributed by atoms with Gasteiger partial charge in [0.05, 0.1) is 10.8 Å². The lowest BCUT2D eigenvalue weighted by Crippen LogP contribution is -2.60. The summed E-state index contributed by atoms with van der Waals surface area (Å²) in [5.74, 6) is -5.61. The molecule has 12 heteroatoms. The third-order valence-corrected chi connectivity index (χ3v) is 8.90. The maximum Gasteiger partial charge on any atom is 0.248 e. The predicted octanol–water partition coefficient (Wildman–Crippen LogP) is 4.92. The molecule has 0 amide bonds. The minimum Gasteiger partial charge on any atom is -0.295 e. The minimum absolute atomic E-state index is 0. The number of rotatable bonds is 7. The van der Waals surface area contributed by atoms with Gasteiger partial charge in [-0.3, -0.25) is 9.69 Å². The van der Waals surface area contributed by atoms with E-state index in [4.69, 9.17) is 11.6 Å². The molecule has 1 saturated carbocycles. The summed E-state index contributed by atoms with van der Waals surface area (Å²) in [6, 6.07) is 1.50. The van der Waals surface area contributed by atoms with E-state index < -0.39 is 38.9 Å². The molecule has 1 aliphatic carbocycles. The normalized spacial score (nSPS) is 21.4. The number of hydrogen-bond acceptors (Lipinski definition) is 4. The van der Waals surface area contributed by atoms with Crippen LogP contribution in [0.2, 0.25) is 5.02 Å². The van der Waals surface area contributed by atoms with Crippen LogP contribution >= 0.6 is 24.0 Å². The molecule has 2 fully saturated rings. The van der Waals surface area contributed by atoms with E-state index >= 15 is 0 Å². The molecule has 0 bridgehead atoms. The monoisotopic (exact) mass is 534 g/mol. The molecule has 1 heterocycles. The first-order chi connectivity index (χ1) is 14.9. The highest BCUT2D eigenvalue weighted by Gasteiger charge is 2.47. The number of halogens is 6. The van der Waals surface area contributed by atoms with Crippen LogP contribution in [0.25, 0.3) is 0 Å². The maximum absolute atomic E-state index is 13.9. The highest BCUT2D eigenvalue weighted by molar-refractivity contribution is 7.89. The highest BCUT2D eigenvalue weighted by Crippen LogP contribution is 2.44. The molecule has 0 spiro atoms. The molecular formula is C21H28Cl2F4N2O3S.